The lowest BCUT2D eigenvalue weighted by molar-refractivity contribution is -0.119. The second kappa shape index (κ2) is 5.96. The van der Waals surface area contributed by atoms with E-state index in [9.17, 15) is 9.59 Å². The summed E-state index contributed by atoms with van der Waals surface area (Å²) in [6, 6.07) is 3.69. The molecule has 6 heteroatoms. The number of pyridine rings is 1. The Bertz CT molecular complexity index is 735. The third kappa shape index (κ3) is 3.06. The van der Waals surface area contributed by atoms with Crippen LogP contribution in [0.25, 0.3) is 10.6 Å². The molecule has 1 aliphatic rings. The first-order valence-corrected chi connectivity index (χ1v) is 7.94. The normalized spacial score (nSPS) is 13.9. The molecule has 2 heterocycles. The fourth-order valence-corrected chi connectivity index (χ4v) is 3.15. The van der Waals surface area contributed by atoms with Crippen molar-refractivity contribution in [2.45, 2.75) is 26.2 Å². The standard InChI is InChI=1S/C16H16N2O3S/c1-9(19)14-15(21-2)18-16(22-14)11-5-6-17-12(7-11)8-13(20)10-3-4-10/h5-7,10H,3-4,8H2,1-2H3. The third-order valence-corrected chi connectivity index (χ3v) is 4.75. The van der Waals surface area contributed by atoms with Crippen LogP contribution in [0.4, 0.5) is 0 Å². The summed E-state index contributed by atoms with van der Waals surface area (Å²) in [7, 11) is 1.50. The maximum Gasteiger partial charge on any atom is 0.236 e. The number of ether oxygens (including phenoxy) is 1. The molecule has 0 spiro atoms. The van der Waals surface area contributed by atoms with Crippen molar-refractivity contribution in [3.05, 3.63) is 28.9 Å². The monoisotopic (exact) mass is 316 g/mol. The average Bonchev–Trinajstić information content (AvgIpc) is 3.26. The molecule has 114 valence electrons. The van der Waals surface area contributed by atoms with Crippen molar-refractivity contribution in [1.29, 1.82) is 0 Å². The molecule has 1 fully saturated rings. The van der Waals surface area contributed by atoms with Crippen LogP contribution < -0.4 is 4.74 Å². The van der Waals surface area contributed by atoms with Crippen molar-refractivity contribution in [1.82, 2.24) is 9.97 Å². The second-order valence-electron chi connectivity index (χ2n) is 5.37. The molecular formula is C16H16N2O3S. The minimum absolute atomic E-state index is 0.0706. The van der Waals surface area contributed by atoms with Crippen molar-refractivity contribution < 1.29 is 14.3 Å². The number of Topliss-reactive ketones (excluding diaryl/α,β-unsaturated/α-hetero) is 2. The van der Waals surface area contributed by atoms with Gasteiger partial charge in [0, 0.05) is 36.7 Å². The van der Waals surface area contributed by atoms with Gasteiger partial charge in [0.25, 0.3) is 0 Å². The summed E-state index contributed by atoms with van der Waals surface area (Å²) in [5, 5.41) is 0.699. The summed E-state index contributed by atoms with van der Waals surface area (Å²) in [5.41, 5.74) is 1.59. The fourth-order valence-electron chi connectivity index (χ4n) is 2.23. The molecule has 5 nitrogen and oxygen atoms in total. The largest absolute Gasteiger partial charge is 0.480 e. The lowest BCUT2D eigenvalue weighted by Crippen LogP contribution is -2.06. The zero-order valence-electron chi connectivity index (χ0n) is 12.5. The van der Waals surface area contributed by atoms with Gasteiger partial charge < -0.3 is 4.74 Å². The molecule has 1 aliphatic carbocycles. The van der Waals surface area contributed by atoms with Gasteiger partial charge in [0.05, 0.1) is 7.11 Å². The van der Waals surface area contributed by atoms with E-state index in [1.807, 2.05) is 12.1 Å². The topological polar surface area (TPSA) is 69.2 Å². The molecule has 2 aromatic rings. The molecule has 0 unspecified atom stereocenters. The summed E-state index contributed by atoms with van der Waals surface area (Å²) in [6.07, 6.45) is 4.04. The number of nitrogens with zero attached hydrogens (tertiary/aromatic N) is 2. The van der Waals surface area contributed by atoms with Crippen molar-refractivity contribution >= 4 is 22.9 Å². The highest BCUT2D eigenvalue weighted by atomic mass is 32.1. The Morgan fingerprint density at radius 1 is 1.41 bits per heavy atom. The van der Waals surface area contributed by atoms with Gasteiger partial charge >= 0.3 is 0 Å². The molecular weight excluding hydrogens is 300 g/mol. The molecule has 2 aromatic heterocycles. The van der Waals surface area contributed by atoms with Crippen LogP contribution in [0.2, 0.25) is 0 Å². The zero-order valence-corrected chi connectivity index (χ0v) is 13.3. The van der Waals surface area contributed by atoms with E-state index in [4.69, 9.17) is 4.74 Å². The van der Waals surface area contributed by atoms with E-state index in [-0.39, 0.29) is 17.5 Å². The van der Waals surface area contributed by atoms with Gasteiger partial charge in [0.2, 0.25) is 5.88 Å². The molecule has 0 atom stereocenters. The van der Waals surface area contributed by atoms with Crippen LogP contribution in [0.1, 0.15) is 35.1 Å². The number of methoxy groups -OCH3 is 1. The van der Waals surface area contributed by atoms with E-state index in [0.29, 0.717) is 22.2 Å². The summed E-state index contributed by atoms with van der Waals surface area (Å²) >= 11 is 1.29. The van der Waals surface area contributed by atoms with Gasteiger partial charge in [-0.2, -0.15) is 0 Å². The predicted octanol–water partition coefficient (Wildman–Crippen LogP) is 2.94. The molecule has 0 saturated heterocycles. The highest BCUT2D eigenvalue weighted by molar-refractivity contribution is 7.17. The maximum atomic E-state index is 11.9. The van der Waals surface area contributed by atoms with Crippen LogP contribution in [0, 0.1) is 5.92 Å². The summed E-state index contributed by atoms with van der Waals surface area (Å²) in [5.74, 6) is 0.763. The number of rotatable bonds is 6. The van der Waals surface area contributed by atoms with Crippen LogP contribution in [-0.2, 0) is 11.2 Å². The van der Waals surface area contributed by atoms with E-state index in [1.165, 1.54) is 25.4 Å². The lowest BCUT2D eigenvalue weighted by Gasteiger charge is -2.01. The fraction of sp³-hybridized carbons (Fsp3) is 0.375. The molecule has 0 bridgehead atoms. The van der Waals surface area contributed by atoms with Gasteiger partial charge in [0.1, 0.15) is 15.7 Å². The van der Waals surface area contributed by atoms with Gasteiger partial charge in [-0.15, -0.1) is 11.3 Å². The van der Waals surface area contributed by atoms with Crippen molar-refractivity contribution in [2.24, 2.45) is 5.92 Å². The number of ketones is 2. The Morgan fingerprint density at radius 2 is 2.18 bits per heavy atom. The molecule has 0 aliphatic heterocycles. The predicted molar refractivity (Wildman–Crippen MR) is 83.3 cm³/mol. The number of carbonyl (C=O) groups is 2. The van der Waals surface area contributed by atoms with Crippen LogP contribution in [0.15, 0.2) is 18.3 Å². The van der Waals surface area contributed by atoms with Crippen LogP contribution in [-0.4, -0.2) is 28.6 Å². The Kier molecular flexibility index (Phi) is 4.02. The molecule has 0 radical (unpaired) electrons. The zero-order chi connectivity index (χ0) is 15.7. The molecule has 3 rings (SSSR count). The Balaban J connectivity index is 1.88. The van der Waals surface area contributed by atoms with E-state index in [0.717, 1.165) is 24.1 Å². The third-order valence-electron chi connectivity index (χ3n) is 3.56. The highest BCUT2D eigenvalue weighted by Crippen LogP contribution is 2.34. The molecule has 0 N–H and O–H groups in total. The van der Waals surface area contributed by atoms with Crippen molar-refractivity contribution in [3.63, 3.8) is 0 Å². The van der Waals surface area contributed by atoms with Crippen molar-refractivity contribution in [3.8, 4) is 16.5 Å². The van der Waals surface area contributed by atoms with Gasteiger partial charge in [0.15, 0.2) is 5.78 Å². The van der Waals surface area contributed by atoms with E-state index in [2.05, 4.69) is 9.97 Å². The molecule has 1 saturated carbocycles. The minimum atomic E-state index is -0.0706. The van der Waals surface area contributed by atoms with Gasteiger partial charge in [-0.1, -0.05) is 0 Å². The van der Waals surface area contributed by atoms with Gasteiger partial charge in [-0.3, -0.25) is 14.6 Å². The quantitative estimate of drug-likeness (QED) is 0.766. The van der Waals surface area contributed by atoms with E-state index in [1.54, 1.807) is 6.20 Å². The van der Waals surface area contributed by atoms with Gasteiger partial charge in [-0.05, 0) is 25.0 Å². The maximum absolute atomic E-state index is 11.9. The van der Waals surface area contributed by atoms with Crippen LogP contribution >= 0.6 is 11.3 Å². The first-order chi connectivity index (χ1) is 10.6. The Hall–Kier alpha value is -2.08. The first kappa shape index (κ1) is 14.8. The summed E-state index contributed by atoms with van der Waals surface area (Å²) in [4.78, 5) is 32.6. The molecule has 0 amide bonds. The second-order valence-corrected chi connectivity index (χ2v) is 6.37. The first-order valence-electron chi connectivity index (χ1n) is 7.12. The summed E-state index contributed by atoms with van der Waals surface area (Å²) in [6.45, 7) is 1.49. The number of hydrogen-bond donors (Lipinski definition) is 0. The highest BCUT2D eigenvalue weighted by Gasteiger charge is 2.29. The minimum Gasteiger partial charge on any atom is -0.480 e. The Labute approximate surface area is 132 Å². The molecule has 0 aromatic carbocycles. The summed E-state index contributed by atoms with van der Waals surface area (Å²) < 4.78 is 5.15. The van der Waals surface area contributed by atoms with E-state index >= 15 is 0 Å². The van der Waals surface area contributed by atoms with Crippen LogP contribution in [0.5, 0.6) is 5.88 Å². The average molecular weight is 316 g/mol. The van der Waals surface area contributed by atoms with Gasteiger partial charge in [-0.25, -0.2) is 4.98 Å². The molecule has 22 heavy (non-hydrogen) atoms. The van der Waals surface area contributed by atoms with Crippen molar-refractivity contribution in [2.75, 3.05) is 7.11 Å². The Morgan fingerprint density at radius 3 is 2.77 bits per heavy atom. The number of hydrogen-bond acceptors (Lipinski definition) is 6. The SMILES string of the molecule is COc1nc(-c2ccnc(CC(=O)C3CC3)c2)sc1C(C)=O. The number of thiazole rings is 1. The number of carbonyl (C=O) groups excluding carboxylic acids is 2. The van der Waals surface area contributed by atoms with Crippen LogP contribution in [0.3, 0.4) is 0 Å². The lowest BCUT2D eigenvalue weighted by atomic mass is 10.1. The number of aromatic nitrogens is 2. The van der Waals surface area contributed by atoms with E-state index < -0.39 is 0 Å². The smallest absolute Gasteiger partial charge is 0.236 e.